The van der Waals surface area contributed by atoms with Gasteiger partial charge in [0.25, 0.3) is 0 Å². The molecule has 1 rings (SSSR count). The number of ether oxygens (including phenoxy) is 1. The Kier molecular flexibility index (Phi) is 7.22. The molecule has 4 nitrogen and oxygen atoms in total. The molecule has 0 aliphatic heterocycles. The molecule has 22 heavy (non-hydrogen) atoms. The van der Waals surface area contributed by atoms with E-state index in [0.29, 0.717) is 11.8 Å². The van der Waals surface area contributed by atoms with Crippen LogP contribution in [0.4, 0.5) is 4.79 Å². The third kappa shape index (κ3) is 6.37. The SMILES string of the molecule is Cc1ccc(OCNC(=O)N(CC(C)C)CC(C)C)cc1C. The summed E-state index contributed by atoms with van der Waals surface area (Å²) in [5, 5.41) is 2.84. The minimum absolute atomic E-state index is 0.0637. The van der Waals surface area contributed by atoms with Crippen molar-refractivity contribution in [3.05, 3.63) is 29.3 Å². The second kappa shape index (κ2) is 8.66. The summed E-state index contributed by atoms with van der Waals surface area (Å²) >= 11 is 0. The fourth-order valence-corrected chi connectivity index (χ4v) is 2.22. The molecule has 0 saturated heterocycles. The average Bonchev–Trinajstić information content (AvgIpc) is 2.41. The van der Waals surface area contributed by atoms with Crippen LogP contribution >= 0.6 is 0 Å². The molecular weight excluding hydrogens is 276 g/mol. The predicted octanol–water partition coefficient (Wildman–Crippen LogP) is 3.96. The van der Waals surface area contributed by atoms with Crippen molar-refractivity contribution >= 4 is 6.03 Å². The lowest BCUT2D eigenvalue weighted by atomic mass is 10.1. The molecule has 1 aromatic carbocycles. The number of nitrogens with one attached hydrogen (secondary N) is 1. The van der Waals surface area contributed by atoms with E-state index < -0.39 is 0 Å². The molecule has 124 valence electrons. The molecule has 0 saturated carbocycles. The first-order chi connectivity index (χ1) is 10.3. The Morgan fingerprint density at radius 2 is 1.68 bits per heavy atom. The van der Waals surface area contributed by atoms with Crippen molar-refractivity contribution in [2.75, 3.05) is 19.8 Å². The van der Waals surface area contributed by atoms with Crippen molar-refractivity contribution in [1.29, 1.82) is 0 Å². The van der Waals surface area contributed by atoms with Gasteiger partial charge >= 0.3 is 6.03 Å². The quantitative estimate of drug-likeness (QED) is 0.775. The molecule has 0 radical (unpaired) electrons. The van der Waals surface area contributed by atoms with Crippen LogP contribution in [0.5, 0.6) is 5.75 Å². The fraction of sp³-hybridized carbons (Fsp3) is 0.611. The lowest BCUT2D eigenvalue weighted by molar-refractivity contribution is 0.171. The summed E-state index contributed by atoms with van der Waals surface area (Å²) in [5.74, 6) is 1.68. The van der Waals surface area contributed by atoms with Gasteiger partial charge in [-0.05, 0) is 48.9 Å². The van der Waals surface area contributed by atoms with Crippen molar-refractivity contribution < 1.29 is 9.53 Å². The van der Waals surface area contributed by atoms with E-state index in [0.717, 1.165) is 18.8 Å². The highest BCUT2D eigenvalue weighted by molar-refractivity contribution is 5.74. The highest BCUT2D eigenvalue weighted by Gasteiger charge is 2.15. The molecule has 1 N–H and O–H groups in total. The van der Waals surface area contributed by atoms with E-state index in [9.17, 15) is 4.79 Å². The van der Waals surface area contributed by atoms with Gasteiger partial charge in [0.05, 0.1) is 0 Å². The van der Waals surface area contributed by atoms with Crippen molar-refractivity contribution in [2.45, 2.75) is 41.5 Å². The second-order valence-electron chi connectivity index (χ2n) is 6.71. The number of rotatable bonds is 7. The molecule has 0 unspecified atom stereocenters. The van der Waals surface area contributed by atoms with Crippen LogP contribution in [-0.4, -0.2) is 30.8 Å². The lowest BCUT2D eigenvalue weighted by Gasteiger charge is -2.26. The van der Waals surface area contributed by atoms with E-state index in [1.54, 1.807) is 0 Å². The van der Waals surface area contributed by atoms with Gasteiger partial charge in [0.1, 0.15) is 5.75 Å². The molecule has 0 aromatic heterocycles. The van der Waals surface area contributed by atoms with Gasteiger partial charge in [-0.3, -0.25) is 0 Å². The maximum absolute atomic E-state index is 12.3. The third-order valence-corrected chi connectivity index (χ3v) is 3.40. The summed E-state index contributed by atoms with van der Waals surface area (Å²) in [6, 6.07) is 5.87. The predicted molar refractivity (Wildman–Crippen MR) is 91.2 cm³/mol. The number of nitrogens with zero attached hydrogens (tertiary/aromatic N) is 1. The summed E-state index contributed by atoms with van der Waals surface area (Å²) in [7, 11) is 0. The molecule has 1 aromatic rings. The molecule has 4 heteroatoms. The minimum atomic E-state index is -0.0637. The number of amides is 2. The molecular formula is C18H30N2O2. The molecule has 0 atom stereocenters. The first-order valence-electron chi connectivity index (χ1n) is 8.02. The van der Waals surface area contributed by atoms with E-state index in [1.807, 2.05) is 30.0 Å². The van der Waals surface area contributed by atoms with E-state index in [1.165, 1.54) is 11.1 Å². The molecule has 0 spiro atoms. The Balaban J connectivity index is 2.49. The largest absolute Gasteiger partial charge is 0.473 e. The number of carbonyl (C=O) groups excluding carboxylic acids is 1. The number of carbonyl (C=O) groups is 1. The minimum Gasteiger partial charge on any atom is -0.473 e. The molecule has 0 bridgehead atoms. The van der Waals surface area contributed by atoms with Crippen molar-refractivity contribution in [3.63, 3.8) is 0 Å². The van der Waals surface area contributed by atoms with Crippen LogP contribution in [0.3, 0.4) is 0 Å². The zero-order chi connectivity index (χ0) is 16.7. The van der Waals surface area contributed by atoms with E-state index in [4.69, 9.17) is 4.74 Å². The smallest absolute Gasteiger partial charge is 0.320 e. The summed E-state index contributed by atoms with van der Waals surface area (Å²) in [6.07, 6.45) is 0. The summed E-state index contributed by atoms with van der Waals surface area (Å²) in [4.78, 5) is 14.1. The number of hydrogen-bond acceptors (Lipinski definition) is 2. The topological polar surface area (TPSA) is 41.6 Å². The Hall–Kier alpha value is -1.71. The van der Waals surface area contributed by atoms with Gasteiger partial charge in [-0.15, -0.1) is 0 Å². The maximum Gasteiger partial charge on any atom is 0.320 e. The van der Waals surface area contributed by atoms with E-state index >= 15 is 0 Å². The van der Waals surface area contributed by atoms with E-state index in [-0.39, 0.29) is 12.8 Å². The van der Waals surface area contributed by atoms with Gasteiger partial charge < -0.3 is 15.0 Å². The average molecular weight is 306 g/mol. The Morgan fingerprint density at radius 3 is 2.18 bits per heavy atom. The summed E-state index contributed by atoms with van der Waals surface area (Å²) in [5.41, 5.74) is 2.42. The van der Waals surface area contributed by atoms with Gasteiger partial charge in [0.2, 0.25) is 0 Å². The molecule has 0 heterocycles. The molecule has 0 fully saturated rings. The van der Waals surface area contributed by atoms with Crippen LogP contribution in [0.1, 0.15) is 38.8 Å². The van der Waals surface area contributed by atoms with Crippen molar-refractivity contribution in [2.24, 2.45) is 11.8 Å². The van der Waals surface area contributed by atoms with Gasteiger partial charge in [0, 0.05) is 13.1 Å². The monoisotopic (exact) mass is 306 g/mol. The Bertz CT molecular complexity index is 474. The standard InChI is InChI=1S/C18H30N2O2/c1-13(2)10-20(11-14(3)4)18(21)19-12-22-17-8-7-15(5)16(6)9-17/h7-9,13-14H,10-12H2,1-6H3,(H,19,21). The third-order valence-electron chi connectivity index (χ3n) is 3.40. The summed E-state index contributed by atoms with van der Waals surface area (Å²) < 4.78 is 5.61. The zero-order valence-electron chi connectivity index (χ0n) is 14.8. The highest BCUT2D eigenvalue weighted by atomic mass is 16.5. The number of aryl methyl sites for hydroxylation is 2. The van der Waals surface area contributed by atoms with Gasteiger partial charge in [-0.2, -0.15) is 0 Å². The second-order valence-corrected chi connectivity index (χ2v) is 6.71. The fourth-order valence-electron chi connectivity index (χ4n) is 2.22. The van der Waals surface area contributed by atoms with Crippen LogP contribution < -0.4 is 10.1 Å². The number of benzene rings is 1. The van der Waals surface area contributed by atoms with E-state index in [2.05, 4.69) is 39.9 Å². The highest BCUT2D eigenvalue weighted by Crippen LogP contribution is 2.16. The number of hydrogen-bond donors (Lipinski definition) is 1. The Morgan fingerprint density at radius 1 is 1.09 bits per heavy atom. The summed E-state index contributed by atoms with van der Waals surface area (Å²) in [6.45, 7) is 14.3. The molecule has 0 aliphatic rings. The molecule has 0 aliphatic carbocycles. The first-order valence-corrected chi connectivity index (χ1v) is 8.02. The first kappa shape index (κ1) is 18.3. The normalized spacial score (nSPS) is 10.9. The molecule has 2 amide bonds. The lowest BCUT2D eigenvalue weighted by Crippen LogP contribution is -2.44. The Labute approximate surface area is 134 Å². The van der Waals surface area contributed by atoms with Crippen molar-refractivity contribution in [1.82, 2.24) is 10.2 Å². The zero-order valence-corrected chi connectivity index (χ0v) is 14.8. The maximum atomic E-state index is 12.3. The van der Waals surface area contributed by atoms with Gasteiger partial charge in [0.15, 0.2) is 6.73 Å². The number of urea groups is 1. The van der Waals surface area contributed by atoms with Crippen LogP contribution in [0.25, 0.3) is 0 Å². The van der Waals surface area contributed by atoms with Gasteiger partial charge in [-0.25, -0.2) is 4.79 Å². The van der Waals surface area contributed by atoms with Crippen LogP contribution in [-0.2, 0) is 0 Å². The van der Waals surface area contributed by atoms with Gasteiger partial charge in [-0.1, -0.05) is 33.8 Å². The van der Waals surface area contributed by atoms with Crippen LogP contribution in [0.15, 0.2) is 18.2 Å². The van der Waals surface area contributed by atoms with Crippen molar-refractivity contribution in [3.8, 4) is 5.75 Å². The van der Waals surface area contributed by atoms with Crippen LogP contribution in [0, 0.1) is 25.7 Å². The van der Waals surface area contributed by atoms with Crippen LogP contribution in [0.2, 0.25) is 0 Å².